The number of hydrogen-bond donors (Lipinski definition) is 0. The van der Waals surface area contributed by atoms with Crippen LogP contribution < -0.4 is 9.64 Å². The van der Waals surface area contributed by atoms with Crippen molar-refractivity contribution in [3.05, 3.63) is 46.2 Å². The van der Waals surface area contributed by atoms with Gasteiger partial charge < -0.3 is 14.4 Å². The molecule has 1 aromatic heterocycles. The molecular weight excluding hydrogens is 377 g/mol. The first-order chi connectivity index (χ1) is 12.6. The summed E-state index contributed by atoms with van der Waals surface area (Å²) in [4.78, 5) is 22.3. The second kappa shape index (κ2) is 8.56. The molecule has 6 nitrogen and oxygen atoms in total. The molecule has 1 atom stereocenters. The number of rotatable bonds is 6. The number of carbonyl (C=O) groups is 1. The first kappa shape index (κ1) is 18.7. The van der Waals surface area contributed by atoms with E-state index in [9.17, 15) is 4.79 Å². The lowest BCUT2D eigenvalue weighted by Gasteiger charge is -2.23. The maximum atomic E-state index is 11.5. The molecule has 1 fully saturated rings. The maximum Gasteiger partial charge on any atom is 0.307 e. The van der Waals surface area contributed by atoms with Gasteiger partial charge in [-0.3, -0.25) is 4.79 Å². The predicted molar refractivity (Wildman–Crippen MR) is 99.8 cm³/mol. The number of hydrogen-bond acceptors (Lipinski definition) is 6. The summed E-state index contributed by atoms with van der Waals surface area (Å²) in [6, 6.07) is 5.33. The zero-order valence-corrected chi connectivity index (χ0v) is 15.8. The second-order valence-electron chi connectivity index (χ2n) is 6.01. The third kappa shape index (κ3) is 4.56. The van der Waals surface area contributed by atoms with Gasteiger partial charge in [-0.15, -0.1) is 0 Å². The Balaban J connectivity index is 1.62. The highest BCUT2D eigenvalue weighted by molar-refractivity contribution is 6.35. The lowest BCUT2D eigenvalue weighted by atomic mass is 10.1. The number of methoxy groups -OCH3 is 1. The van der Waals surface area contributed by atoms with Gasteiger partial charge in [0.15, 0.2) is 5.75 Å². The topological polar surface area (TPSA) is 64.5 Å². The Morgan fingerprint density at radius 3 is 2.77 bits per heavy atom. The first-order valence-corrected chi connectivity index (χ1v) is 9.04. The molecule has 0 saturated carbocycles. The Morgan fingerprint density at radius 1 is 1.31 bits per heavy atom. The van der Waals surface area contributed by atoms with E-state index in [1.165, 1.54) is 7.11 Å². The first-order valence-electron chi connectivity index (χ1n) is 8.29. The smallest absolute Gasteiger partial charge is 0.307 e. The number of esters is 1. The molecule has 1 saturated heterocycles. The summed E-state index contributed by atoms with van der Waals surface area (Å²) in [6.45, 7) is 1.12. The summed E-state index contributed by atoms with van der Waals surface area (Å²) in [5, 5.41) is 1.14. The lowest BCUT2D eigenvalue weighted by Crippen LogP contribution is -2.32. The molecule has 138 valence electrons. The van der Waals surface area contributed by atoms with Crippen LogP contribution in [0.2, 0.25) is 10.0 Å². The number of anilines is 1. The average Bonchev–Trinajstić information content (AvgIpc) is 3.09. The minimum atomic E-state index is -0.221. The van der Waals surface area contributed by atoms with Crippen LogP contribution >= 0.6 is 23.2 Å². The van der Waals surface area contributed by atoms with E-state index in [1.807, 2.05) is 11.0 Å². The van der Waals surface area contributed by atoms with E-state index in [0.717, 1.165) is 24.9 Å². The molecule has 2 aromatic rings. The molecule has 0 amide bonds. The molecular formula is C18H19Cl2N3O3. The molecule has 2 heterocycles. The quantitative estimate of drug-likeness (QED) is 0.691. The van der Waals surface area contributed by atoms with Crippen molar-refractivity contribution in [2.45, 2.75) is 31.9 Å². The SMILES string of the molecule is COC(=O)CC1CCCN1c1ncc(OCc2ccc(Cl)cc2Cl)cn1. The van der Waals surface area contributed by atoms with Gasteiger partial charge in [0, 0.05) is 28.2 Å². The van der Waals surface area contributed by atoms with Gasteiger partial charge in [0.1, 0.15) is 6.61 Å². The Labute approximate surface area is 162 Å². The molecule has 0 radical (unpaired) electrons. The molecule has 0 N–H and O–H groups in total. The van der Waals surface area contributed by atoms with Crippen LogP contribution in [0.15, 0.2) is 30.6 Å². The Bertz CT molecular complexity index is 771. The normalized spacial score (nSPS) is 16.6. The number of aromatic nitrogens is 2. The van der Waals surface area contributed by atoms with Crippen LogP contribution in [-0.4, -0.2) is 35.6 Å². The third-order valence-electron chi connectivity index (χ3n) is 4.29. The molecule has 3 rings (SSSR count). The second-order valence-corrected chi connectivity index (χ2v) is 6.86. The Hall–Kier alpha value is -2.05. The van der Waals surface area contributed by atoms with Gasteiger partial charge in [-0.1, -0.05) is 29.3 Å². The fourth-order valence-corrected chi connectivity index (χ4v) is 3.38. The van der Waals surface area contributed by atoms with Crippen molar-refractivity contribution in [1.82, 2.24) is 9.97 Å². The average molecular weight is 396 g/mol. The van der Waals surface area contributed by atoms with Crippen LogP contribution in [0.5, 0.6) is 5.75 Å². The fraction of sp³-hybridized carbons (Fsp3) is 0.389. The van der Waals surface area contributed by atoms with Crippen LogP contribution in [0.3, 0.4) is 0 Å². The minimum Gasteiger partial charge on any atom is -0.486 e. The zero-order chi connectivity index (χ0) is 18.5. The molecule has 26 heavy (non-hydrogen) atoms. The maximum absolute atomic E-state index is 11.5. The highest BCUT2D eigenvalue weighted by Crippen LogP contribution is 2.26. The van der Waals surface area contributed by atoms with Gasteiger partial charge in [-0.05, 0) is 25.0 Å². The van der Waals surface area contributed by atoms with Crippen molar-refractivity contribution in [1.29, 1.82) is 0 Å². The summed E-state index contributed by atoms with van der Waals surface area (Å²) in [7, 11) is 1.40. The Morgan fingerprint density at radius 2 is 2.08 bits per heavy atom. The van der Waals surface area contributed by atoms with Crippen molar-refractivity contribution < 1.29 is 14.3 Å². The fourth-order valence-electron chi connectivity index (χ4n) is 2.92. The van der Waals surface area contributed by atoms with Crippen molar-refractivity contribution in [3.8, 4) is 5.75 Å². The van der Waals surface area contributed by atoms with E-state index in [2.05, 4.69) is 9.97 Å². The summed E-state index contributed by atoms with van der Waals surface area (Å²) < 4.78 is 10.5. The van der Waals surface area contributed by atoms with Gasteiger partial charge in [0.2, 0.25) is 5.95 Å². The number of nitrogens with zero attached hydrogens (tertiary/aromatic N) is 3. The van der Waals surface area contributed by atoms with Crippen molar-refractivity contribution >= 4 is 35.1 Å². The van der Waals surface area contributed by atoms with Gasteiger partial charge in [-0.25, -0.2) is 9.97 Å². The molecule has 8 heteroatoms. The van der Waals surface area contributed by atoms with E-state index in [1.54, 1.807) is 24.5 Å². The highest BCUT2D eigenvalue weighted by atomic mass is 35.5. The molecule has 1 aliphatic rings. The highest BCUT2D eigenvalue weighted by Gasteiger charge is 2.28. The largest absolute Gasteiger partial charge is 0.486 e. The summed E-state index contributed by atoms with van der Waals surface area (Å²) in [6.07, 6.45) is 5.51. The van der Waals surface area contributed by atoms with E-state index < -0.39 is 0 Å². The molecule has 1 aromatic carbocycles. The van der Waals surface area contributed by atoms with Crippen LogP contribution in [-0.2, 0) is 16.1 Å². The van der Waals surface area contributed by atoms with Crippen molar-refractivity contribution in [3.63, 3.8) is 0 Å². The summed E-state index contributed by atoms with van der Waals surface area (Å²) in [5.74, 6) is 0.915. The monoisotopic (exact) mass is 395 g/mol. The van der Waals surface area contributed by atoms with Crippen molar-refractivity contribution in [2.24, 2.45) is 0 Å². The van der Waals surface area contributed by atoms with E-state index in [-0.39, 0.29) is 12.0 Å². The number of carbonyl (C=O) groups excluding carboxylic acids is 1. The predicted octanol–water partition coefficient (Wildman–Crippen LogP) is 3.89. The van der Waals surface area contributed by atoms with E-state index in [0.29, 0.717) is 34.8 Å². The van der Waals surface area contributed by atoms with Crippen LogP contribution in [0, 0.1) is 0 Å². The number of benzene rings is 1. The molecule has 1 aliphatic heterocycles. The van der Waals surface area contributed by atoms with Crippen LogP contribution in [0.25, 0.3) is 0 Å². The molecule has 1 unspecified atom stereocenters. The number of ether oxygens (including phenoxy) is 2. The lowest BCUT2D eigenvalue weighted by molar-refractivity contribution is -0.140. The number of halogens is 2. The molecule has 0 aliphatic carbocycles. The van der Waals surface area contributed by atoms with E-state index >= 15 is 0 Å². The van der Waals surface area contributed by atoms with Crippen molar-refractivity contribution in [2.75, 3.05) is 18.6 Å². The minimum absolute atomic E-state index is 0.0714. The standard InChI is InChI=1S/C18H19Cl2N3O3/c1-25-17(24)8-14-3-2-6-23(14)18-21-9-15(10-22-18)26-11-12-4-5-13(19)7-16(12)20/h4-5,7,9-10,14H,2-3,6,8,11H2,1H3. The zero-order valence-electron chi connectivity index (χ0n) is 14.3. The summed E-state index contributed by atoms with van der Waals surface area (Å²) in [5.41, 5.74) is 0.831. The molecule has 0 spiro atoms. The Kier molecular flexibility index (Phi) is 6.16. The van der Waals surface area contributed by atoms with Gasteiger partial charge >= 0.3 is 5.97 Å². The summed E-state index contributed by atoms with van der Waals surface area (Å²) >= 11 is 12.0. The van der Waals surface area contributed by atoms with Crippen LogP contribution in [0.1, 0.15) is 24.8 Å². The molecule has 0 bridgehead atoms. The van der Waals surface area contributed by atoms with Gasteiger partial charge in [0.05, 0.1) is 25.9 Å². The van der Waals surface area contributed by atoms with Gasteiger partial charge in [-0.2, -0.15) is 0 Å². The van der Waals surface area contributed by atoms with Gasteiger partial charge in [0.25, 0.3) is 0 Å². The van der Waals surface area contributed by atoms with Crippen LogP contribution in [0.4, 0.5) is 5.95 Å². The van der Waals surface area contributed by atoms with E-state index in [4.69, 9.17) is 32.7 Å². The third-order valence-corrected chi connectivity index (χ3v) is 4.87.